The van der Waals surface area contributed by atoms with Crippen LogP contribution in [0.1, 0.15) is 55.3 Å². The van der Waals surface area contributed by atoms with Gasteiger partial charge >= 0.3 is 0 Å². The number of nitrogens with zero attached hydrogens (tertiary/aromatic N) is 3. The molecule has 1 atom stereocenters. The molecule has 0 bridgehead atoms. The second kappa shape index (κ2) is 7.48. The molecular weight excluding hydrogens is 368 g/mol. The van der Waals surface area contributed by atoms with E-state index in [1.54, 1.807) is 12.0 Å². The molecule has 146 valence electrons. The molecule has 2 N–H and O–H groups in total. The molecule has 0 radical (unpaired) electrons. The molecule has 2 aliphatic rings. The third kappa shape index (κ3) is 3.53. The number of carbonyl (C=O) groups excluding carboxylic acids is 1. The van der Waals surface area contributed by atoms with E-state index in [1.165, 1.54) is 0 Å². The fourth-order valence-corrected chi connectivity index (χ4v) is 3.95. The smallest absolute Gasteiger partial charge is 0.232 e. The minimum Gasteiger partial charge on any atom is -0.495 e. The van der Waals surface area contributed by atoms with Crippen molar-refractivity contribution in [2.45, 2.75) is 50.5 Å². The fourth-order valence-electron chi connectivity index (χ4n) is 3.95. The molecule has 1 saturated heterocycles. The molecule has 0 spiro atoms. The van der Waals surface area contributed by atoms with Crippen LogP contribution in [0.5, 0.6) is 5.75 Å². The average molecular weight is 393 g/mol. The number of nitrogens with two attached hydrogens (primary N) is 1. The summed E-state index contributed by atoms with van der Waals surface area (Å²) >= 11 is 0. The third-order valence-corrected chi connectivity index (χ3v) is 5.48. The topological polar surface area (TPSA) is 94.5 Å². The number of hydrogen-bond donors (Lipinski definition) is 1. The van der Waals surface area contributed by atoms with Crippen LogP contribution in [-0.4, -0.2) is 29.7 Å². The van der Waals surface area contributed by atoms with E-state index in [0.29, 0.717) is 30.4 Å². The van der Waals surface area contributed by atoms with Crippen molar-refractivity contribution in [2.24, 2.45) is 5.73 Å². The Kier molecular flexibility index (Phi) is 5.44. The van der Waals surface area contributed by atoms with Crippen molar-refractivity contribution >= 4 is 24.0 Å². The zero-order chi connectivity index (χ0) is 18.3. The first-order chi connectivity index (χ1) is 12.5. The third-order valence-electron chi connectivity index (χ3n) is 5.48. The Morgan fingerprint density at radius 3 is 2.78 bits per heavy atom. The highest BCUT2D eigenvalue weighted by Gasteiger charge is 2.40. The number of carbonyl (C=O) groups is 1. The fraction of sp³-hybridized carbons (Fsp3) is 0.526. The molecule has 1 amide bonds. The molecule has 1 aliphatic carbocycles. The molecule has 1 saturated carbocycles. The summed E-state index contributed by atoms with van der Waals surface area (Å²) in [6.07, 6.45) is 4.27. The lowest BCUT2D eigenvalue weighted by Crippen LogP contribution is -2.34. The monoisotopic (exact) mass is 392 g/mol. The number of methoxy groups -OCH3 is 1. The molecule has 1 aliphatic heterocycles. The van der Waals surface area contributed by atoms with E-state index in [2.05, 4.69) is 10.1 Å². The zero-order valence-electron chi connectivity index (χ0n) is 15.6. The molecule has 2 aromatic rings. The average Bonchev–Trinajstić information content (AvgIpc) is 3.34. The van der Waals surface area contributed by atoms with Gasteiger partial charge in [0.2, 0.25) is 11.8 Å². The Labute approximate surface area is 164 Å². The number of amides is 1. The molecule has 1 aromatic heterocycles. The maximum Gasteiger partial charge on any atom is 0.232 e. The minimum absolute atomic E-state index is 0. The predicted molar refractivity (Wildman–Crippen MR) is 103 cm³/mol. The maximum atomic E-state index is 12.6. The molecule has 7 nitrogen and oxygen atoms in total. The maximum absolute atomic E-state index is 12.6. The summed E-state index contributed by atoms with van der Waals surface area (Å²) in [7, 11) is 1.61. The highest BCUT2D eigenvalue weighted by Crippen LogP contribution is 2.38. The van der Waals surface area contributed by atoms with Crippen LogP contribution in [0.4, 0.5) is 5.69 Å². The van der Waals surface area contributed by atoms with Gasteiger partial charge in [-0.05, 0) is 37.5 Å². The van der Waals surface area contributed by atoms with Crippen LogP contribution < -0.4 is 15.4 Å². The van der Waals surface area contributed by atoms with Gasteiger partial charge in [0.25, 0.3) is 0 Å². The van der Waals surface area contributed by atoms with Gasteiger partial charge in [-0.15, -0.1) is 12.4 Å². The van der Waals surface area contributed by atoms with Gasteiger partial charge in [-0.3, -0.25) is 4.79 Å². The summed E-state index contributed by atoms with van der Waals surface area (Å²) < 4.78 is 10.9. The van der Waals surface area contributed by atoms with Gasteiger partial charge < -0.3 is 19.9 Å². The normalized spacial score (nSPS) is 21.4. The van der Waals surface area contributed by atoms with Crippen molar-refractivity contribution in [2.75, 3.05) is 18.6 Å². The van der Waals surface area contributed by atoms with Crippen LogP contribution in [0.3, 0.4) is 0 Å². The molecule has 2 heterocycles. The first-order valence-corrected chi connectivity index (χ1v) is 9.08. The number of rotatable bonds is 4. The van der Waals surface area contributed by atoms with Crippen molar-refractivity contribution in [3.05, 3.63) is 35.5 Å². The first-order valence-electron chi connectivity index (χ1n) is 9.08. The van der Waals surface area contributed by atoms with Gasteiger partial charge in [0, 0.05) is 13.0 Å². The van der Waals surface area contributed by atoms with E-state index in [9.17, 15) is 4.79 Å². The van der Waals surface area contributed by atoms with E-state index in [1.807, 2.05) is 25.1 Å². The summed E-state index contributed by atoms with van der Waals surface area (Å²) in [5.41, 5.74) is 7.79. The van der Waals surface area contributed by atoms with E-state index in [-0.39, 0.29) is 24.2 Å². The van der Waals surface area contributed by atoms with Crippen LogP contribution in [0.15, 0.2) is 22.7 Å². The minimum atomic E-state index is -0.482. The van der Waals surface area contributed by atoms with E-state index in [0.717, 1.165) is 36.9 Å². The van der Waals surface area contributed by atoms with Gasteiger partial charge in [0.1, 0.15) is 5.75 Å². The van der Waals surface area contributed by atoms with E-state index < -0.39 is 5.54 Å². The van der Waals surface area contributed by atoms with Crippen molar-refractivity contribution in [3.8, 4) is 5.75 Å². The van der Waals surface area contributed by atoms with Crippen LogP contribution in [-0.2, 0) is 10.3 Å². The van der Waals surface area contributed by atoms with Gasteiger partial charge in [-0.25, -0.2) is 0 Å². The Hall–Kier alpha value is -2.12. The SMILES string of the molecule is COc1ccc(C)cc1N1CC(c2nc(C3(N)CCCC3)no2)CC1=O.Cl. The zero-order valence-corrected chi connectivity index (χ0v) is 16.4. The highest BCUT2D eigenvalue weighted by atomic mass is 35.5. The Bertz CT molecular complexity index is 832. The standard InChI is InChI=1S/C19H24N4O3.ClH/c1-12-5-6-15(25-2)14(9-12)23-11-13(10-16(23)24)17-21-18(22-26-17)19(20)7-3-4-8-19;/h5-6,9,13H,3-4,7-8,10-11,20H2,1-2H3;1H. The number of benzene rings is 1. The summed E-state index contributed by atoms with van der Waals surface area (Å²) in [6, 6.07) is 5.81. The molecule has 4 rings (SSSR count). The molecule has 1 unspecified atom stereocenters. The number of aromatic nitrogens is 2. The molecular formula is C19H25ClN4O3. The van der Waals surface area contributed by atoms with E-state index >= 15 is 0 Å². The van der Waals surface area contributed by atoms with Crippen molar-refractivity contribution in [3.63, 3.8) is 0 Å². The van der Waals surface area contributed by atoms with Gasteiger partial charge in [-0.1, -0.05) is 24.1 Å². The van der Waals surface area contributed by atoms with Crippen molar-refractivity contribution in [1.82, 2.24) is 10.1 Å². The first kappa shape index (κ1) is 19.6. The Morgan fingerprint density at radius 1 is 1.33 bits per heavy atom. The molecule has 8 heteroatoms. The molecule has 2 fully saturated rings. The largest absolute Gasteiger partial charge is 0.495 e. The number of ether oxygens (including phenoxy) is 1. The summed E-state index contributed by atoms with van der Waals surface area (Å²) in [6.45, 7) is 2.49. The van der Waals surface area contributed by atoms with Crippen molar-refractivity contribution in [1.29, 1.82) is 0 Å². The van der Waals surface area contributed by atoms with Crippen molar-refractivity contribution < 1.29 is 14.1 Å². The molecule has 1 aromatic carbocycles. The highest BCUT2D eigenvalue weighted by molar-refractivity contribution is 5.97. The number of hydrogen-bond acceptors (Lipinski definition) is 6. The summed E-state index contributed by atoms with van der Waals surface area (Å²) in [5, 5.41) is 4.12. The number of anilines is 1. The van der Waals surface area contributed by atoms with Gasteiger partial charge in [0.15, 0.2) is 5.82 Å². The Morgan fingerprint density at radius 2 is 2.07 bits per heavy atom. The van der Waals surface area contributed by atoms with Crippen LogP contribution >= 0.6 is 12.4 Å². The molecule has 27 heavy (non-hydrogen) atoms. The van der Waals surface area contributed by atoms with Gasteiger partial charge in [0.05, 0.1) is 24.3 Å². The summed E-state index contributed by atoms with van der Waals surface area (Å²) in [5.74, 6) is 1.66. The van der Waals surface area contributed by atoms with E-state index in [4.69, 9.17) is 15.0 Å². The lowest BCUT2D eigenvalue weighted by atomic mass is 9.98. The number of halogens is 1. The van der Waals surface area contributed by atoms with Gasteiger partial charge in [-0.2, -0.15) is 4.98 Å². The summed E-state index contributed by atoms with van der Waals surface area (Å²) in [4.78, 5) is 18.9. The quantitative estimate of drug-likeness (QED) is 0.859. The second-order valence-corrected chi connectivity index (χ2v) is 7.40. The van der Waals surface area contributed by atoms with Crippen LogP contribution in [0, 0.1) is 6.92 Å². The predicted octanol–water partition coefficient (Wildman–Crippen LogP) is 3.06. The lowest BCUT2D eigenvalue weighted by Gasteiger charge is -2.20. The second-order valence-electron chi connectivity index (χ2n) is 7.40. The van der Waals surface area contributed by atoms with Crippen LogP contribution in [0.2, 0.25) is 0 Å². The van der Waals surface area contributed by atoms with Crippen LogP contribution in [0.25, 0.3) is 0 Å². The Balaban J connectivity index is 0.00000210. The number of aryl methyl sites for hydroxylation is 1. The lowest BCUT2D eigenvalue weighted by molar-refractivity contribution is -0.117.